The second-order valence-corrected chi connectivity index (χ2v) is 6.92. The molecule has 5 nitrogen and oxygen atoms in total. The van der Waals surface area contributed by atoms with Crippen molar-refractivity contribution in [1.82, 2.24) is 5.32 Å². The normalized spacial score (nSPS) is 18.8. The SMILES string of the molecule is O=C(Nc1ccc2c(c1F)CCNC2)c1ccc(OCC2CCCO2)cc1. The summed E-state index contributed by atoms with van der Waals surface area (Å²) in [5.74, 6) is 0.0156. The van der Waals surface area contributed by atoms with E-state index in [1.54, 1.807) is 30.3 Å². The molecule has 142 valence electrons. The van der Waals surface area contributed by atoms with E-state index in [-0.39, 0.29) is 23.5 Å². The van der Waals surface area contributed by atoms with Crippen LogP contribution in [0.3, 0.4) is 0 Å². The van der Waals surface area contributed by atoms with Crippen LogP contribution in [0.5, 0.6) is 5.75 Å². The maximum atomic E-state index is 14.7. The molecule has 0 spiro atoms. The number of fused-ring (bicyclic) bond motifs is 1. The molecule has 1 unspecified atom stereocenters. The standard InChI is InChI=1S/C21H23FN2O3/c22-20-18-9-10-23-12-15(18)5-8-19(20)24-21(25)14-3-6-16(7-4-14)27-13-17-2-1-11-26-17/h3-8,17,23H,1-2,9-13H2,(H,24,25). The van der Waals surface area contributed by atoms with Crippen LogP contribution in [0.15, 0.2) is 36.4 Å². The predicted molar refractivity (Wildman–Crippen MR) is 101 cm³/mol. The number of carbonyl (C=O) groups is 1. The fourth-order valence-electron chi connectivity index (χ4n) is 3.49. The van der Waals surface area contributed by atoms with Crippen molar-refractivity contribution in [3.05, 3.63) is 58.9 Å². The van der Waals surface area contributed by atoms with E-state index in [4.69, 9.17) is 9.47 Å². The van der Waals surface area contributed by atoms with E-state index in [1.807, 2.05) is 6.07 Å². The molecule has 6 heteroatoms. The van der Waals surface area contributed by atoms with Crippen molar-refractivity contribution in [2.75, 3.05) is 25.1 Å². The molecule has 1 amide bonds. The molecule has 2 heterocycles. The first-order valence-electron chi connectivity index (χ1n) is 9.37. The molecule has 2 aromatic carbocycles. The van der Waals surface area contributed by atoms with Gasteiger partial charge in [-0.1, -0.05) is 6.07 Å². The first-order chi connectivity index (χ1) is 13.2. The van der Waals surface area contributed by atoms with Crippen LogP contribution in [0.25, 0.3) is 0 Å². The Labute approximate surface area is 157 Å². The first-order valence-corrected chi connectivity index (χ1v) is 9.37. The molecule has 0 bridgehead atoms. The quantitative estimate of drug-likeness (QED) is 0.848. The number of amides is 1. The van der Waals surface area contributed by atoms with Crippen LogP contribution >= 0.6 is 0 Å². The lowest BCUT2D eigenvalue weighted by Gasteiger charge is -2.19. The Morgan fingerprint density at radius 2 is 2.11 bits per heavy atom. The largest absolute Gasteiger partial charge is 0.491 e. The number of hydrogen-bond donors (Lipinski definition) is 2. The van der Waals surface area contributed by atoms with Crippen molar-refractivity contribution in [1.29, 1.82) is 0 Å². The highest BCUT2D eigenvalue weighted by Gasteiger charge is 2.18. The summed E-state index contributed by atoms with van der Waals surface area (Å²) in [6.07, 6.45) is 2.86. The first kappa shape index (κ1) is 17.9. The van der Waals surface area contributed by atoms with Crippen LogP contribution in [-0.4, -0.2) is 31.8 Å². The second-order valence-electron chi connectivity index (χ2n) is 6.92. The molecule has 1 fully saturated rings. The summed E-state index contributed by atoms with van der Waals surface area (Å²) in [7, 11) is 0. The third-order valence-electron chi connectivity index (χ3n) is 5.03. The average Bonchev–Trinajstić information content (AvgIpc) is 3.23. The van der Waals surface area contributed by atoms with Gasteiger partial charge in [-0.3, -0.25) is 4.79 Å². The van der Waals surface area contributed by atoms with Gasteiger partial charge in [0.15, 0.2) is 0 Å². The minimum atomic E-state index is -0.339. The number of ether oxygens (including phenoxy) is 2. The van der Waals surface area contributed by atoms with Gasteiger partial charge in [0, 0.05) is 18.7 Å². The van der Waals surface area contributed by atoms with Gasteiger partial charge >= 0.3 is 0 Å². The summed E-state index contributed by atoms with van der Waals surface area (Å²) in [6, 6.07) is 10.3. The molecule has 2 N–H and O–H groups in total. The van der Waals surface area contributed by atoms with Gasteiger partial charge in [0.1, 0.15) is 18.2 Å². The molecular formula is C21H23FN2O3. The summed E-state index contributed by atoms with van der Waals surface area (Å²) < 4.78 is 25.9. The second kappa shape index (κ2) is 8.06. The molecule has 2 aliphatic heterocycles. The molecule has 1 saturated heterocycles. The van der Waals surface area contributed by atoms with E-state index in [0.717, 1.165) is 31.6 Å². The number of carbonyl (C=O) groups excluding carboxylic acids is 1. The van der Waals surface area contributed by atoms with Gasteiger partial charge in [-0.15, -0.1) is 0 Å². The Morgan fingerprint density at radius 3 is 2.89 bits per heavy atom. The molecule has 0 aliphatic carbocycles. The zero-order valence-corrected chi connectivity index (χ0v) is 15.1. The van der Waals surface area contributed by atoms with Crippen molar-refractivity contribution >= 4 is 11.6 Å². The van der Waals surface area contributed by atoms with Gasteiger partial charge in [-0.05, 0) is 67.3 Å². The zero-order valence-electron chi connectivity index (χ0n) is 15.1. The van der Waals surface area contributed by atoms with E-state index >= 15 is 0 Å². The van der Waals surface area contributed by atoms with Crippen molar-refractivity contribution in [2.45, 2.75) is 31.9 Å². The zero-order chi connectivity index (χ0) is 18.6. The Hall–Kier alpha value is -2.44. The molecule has 4 rings (SSSR count). The van der Waals surface area contributed by atoms with Crippen molar-refractivity contribution in [3.8, 4) is 5.75 Å². The average molecular weight is 370 g/mol. The Kier molecular flexibility index (Phi) is 5.36. The number of anilines is 1. The van der Waals surface area contributed by atoms with E-state index < -0.39 is 0 Å². The lowest BCUT2D eigenvalue weighted by atomic mass is 9.99. The third-order valence-corrected chi connectivity index (χ3v) is 5.03. The summed E-state index contributed by atoms with van der Waals surface area (Å²) in [5.41, 5.74) is 2.31. The highest BCUT2D eigenvalue weighted by Crippen LogP contribution is 2.25. The number of halogens is 1. The van der Waals surface area contributed by atoms with Gasteiger partial charge in [0.25, 0.3) is 5.91 Å². The van der Waals surface area contributed by atoms with Gasteiger partial charge in [0.05, 0.1) is 11.8 Å². The molecule has 0 radical (unpaired) electrons. The summed E-state index contributed by atoms with van der Waals surface area (Å²) in [4.78, 5) is 12.5. The maximum absolute atomic E-state index is 14.7. The number of hydrogen-bond acceptors (Lipinski definition) is 4. The molecule has 0 aromatic heterocycles. The molecule has 2 aromatic rings. The number of rotatable bonds is 5. The van der Waals surface area contributed by atoms with Crippen molar-refractivity contribution < 1.29 is 18.7 Å². The van der Waals surface area contributed by atoms with Crippen LogP contribution in [0.4, 0.5) is 10.1 Å². The van der Waals surface area contributed by atoms with Crippen molar-refractivity contribution in [3.63, 3.8) is 0 Å². The number of benzene rings is 2. The van der Waals surface area contributed by atoms with Crippen LogP contribution in [0.1, 0.15) is 34.3 Å². The molecule has 1 atom stereocenters. The van der Waals surface area contributed by atoms with Crippen LogP contribution in [-0.2, 0) is 17.7 Å². The predicted octanol–water partition coefficient (Wildman–Crippen LogP) is 3.28. The molecule has 2 aliphatic rings. The van der Waals surface area contributed by atoms with Gasteiger partial charge < -0.3 is 20.1 Å². The van der Waals surface area contributed by atoms with Gasteiger partial charge in [-0.25, -0.2) is 4.39 Å². The molecular weight excluding hydrogens is 347 g/mol. The Bertz CT molecular complexity index is 817. The minimum Gasteiger partial charge on any atom is -0.491 e. The number of nitrogens with one attached hydrogen (secondary N) is 2. The monoisotopic (exact) mass is 370 g/mol. The topological polar surface area (TPSA) is 59.6 Å². The van der Waals surface area contributed by atoms with Crippen molar-refractivity contribution in [2.24, 2.45) is 0 Å². The van der Waals surface area contributed by atoms with E-state index in [9.17, 15) is 9.18 Å². The van der Waals surface area contributed by atoms with Crippen LogP contribution < -0.4 is 15.4 Å². The van der Waals surface area contributed by atoms with Gasteiger partial charge in [-0.2, -0.15) is 0 Å². The van der Waals surface area contributed by atoms with Crippen LogP contribution in [0, 0.1) is 5.82 Å². The van der Waals surface area contributed by atoms with E-state index in [1.165, 1.54) is 0 Å². The summed E-state index contributed by atoms with van der Waals surface area (Å²) >= 11 is 0. The maximum Gasteiger partial charge on any atom is 0.255 e. The van der Waals surface area contributed by atoms with E-state index in [2.05, 4.69) is 10.6 Å². The third kappa shape index (κ3) is 4.12. The lowest BCUT2D eigenvalue weighted by molar-refractivity contribution is 0.0679. The molecule has 0 saturated carbocycles. The summed E-state index contributed by atoms with van der Waals surface area (Å²) in [5, 5.41) is 5.89. The fraction of sp³-hybridized carbons (Fsp3) is 0.381. The fourth-order valence-corrected chi connectivity index (χ4v) is 3.49. The highest BCUT2D eigenvalue weighted by atomic mass is 19.1. The summed E-state index contributed by atoms with van der Waals surface area (Å²) in [6.45, 7) is 2.71. The molecule has 27 heavy (non-hydrogen) atoms. The highest BCUT2D eigenvalue weighted by molar-refractivity contribution is 6.04. The van der Waals surface area contributed by atoms with E-state index in [0.29, 0.717) is 36.4 Å². The smallest absolute Gasteiger partial charge is 0.255 e. The Morgan fingerprint density at radius 1 is 1.26 bits per heavy atom. The Balaban J connectivity index is 1.39. The minimum absolute atomic E-state index is 0.148. The van der Waals surface area contributed by atoms with Gasteiger partial charge in [0.2, 0.25) is 0 Å². The lowest BCUT2D eigenvalue weighted by Crippen LogP contribution is -2.25. The van der Waals surface area contributed by atoms with Crippen LogP contribution in [0.2, 0.25) is 0 Å².